The number of likely N-dealkylation sites (N-methyl/N-ethyl adjacent to an activating group) is 1. The maximum absolute atomic E-state index is 5.29. The Bertz CT molecular complexity index is 1020. The number of hydrogen-bond donors (Lipinski definition) is 1. The molecule has 3 aromatic rings. The van der Waals surface area contributed by atoms with Gasteiger partial charge in [0.1, 0.15) is 11.6 Å². The molecule has 1 N–H and O–H groups in total. The first kappa shape index (κ1) is 22.2. The van der Waals surface area contributed by atoms with Crippen LogP contribution in [-0.2, 0) is 19.5 Å². The zero-order valence-electron chi connectivity index (χ0n) is 19.4. The van der Waals surface area contributed by atoms with E-state index in [0.717, 1.165) is 61.2 Å². The van der Waals surface area contributed by atoms with Crippen LogP contribution in [0.5, 0.6) is 5.75 Å². The van der Waals surface area contributed by atoms with Crippen molar-refractivity contribution in [2.75, 3.05) is 39.6 Å². The standard InChI is InChI=1S/C25H32N6O/c1-18(15-30(2)3)27-25-22-17-31(16-19-5-7-21(32-4)8-6-19)14-11-23(22)28-24(29-25)20-9-12-26-13-10-20/h5-10,12-13,18H,11,14-17H2,1-4H3,(H,27,28,29)/t18-/m1/s1. The molecular weight excluding hydrogens is 400 g/mol. The lowest BCUT2D eigenvalue weighted by Crippen LogP contribution is -2.34. The molecule has 3 heterocycles. The number of benzene rings is 1. The first-order valence-corrected chi connectivity index (χ1v) is 11.1. The van der Waals surface area contributed by atoms with Gasteiger partial charge >= 0.3 is 0 Å². The van der Waals surface area contributed by atoms with Gasteiger partial charge in [-0.25, -0.2) is 9.97 Å². The summed E-state index contributed by atoms with van der Waals surface area (Å²) >= 11 is 0. The molecule has 0 saturated carbocycles. The van der Waals surface area contributed by atoms with Crippen molar-refractivity contribution in [2.24, 2.45) is 0 Å². The van der Waals surface area contributed by atoms with Crippen LogP contribution in [0.15, 0.2) is 48.8 Å². The molecular formula is C25H32N6O. The predicted octanol–water partition coefficient (Wildman–Crippen LogP) is 3.47. The lowest BCUT2D eigenvalue weighted by Gasteiger charge is -2.31. The Morgan fingerprint density at radius 3 is 2.53 bits per heavy atom. The highest BCUT2D eigenvalue weighted by Crippen LogP contribution is 2.28. The maximum atomic E-state index is 5.29. The van der Waals surface area contributed by atoms with Crippen LogP contribution in [0.3, 0.4) is 0 Å². The number of aromatic nitrogens is 3. The van der Waals surface area contributed by atoms with Crippen molar-refractivity contribution in [3.63, 3.8) is 0 Å². The number of methoxy groups -OCH3 is 1. The molecule has 0 amide bonds. The minimum atomic E-state index is 0.270. The molecule has 32 heavy (non-hydrogen) atoms. The van der Waals surface area contributed by atoms with Gasteiger partial charge < -0.3 is 15.0 Å². The summed E-state index contributed by atoms with van der Waals surface area (Å²) in [5.41, 5.74) is 4.61. The summed E-state index contributed by atoms with van der Waals surface area (Å²) in [7, 11) is 5.88. The highest BCUT2D eigenvalue weighted by atomic mass is 16.5. The van der Waals surface area contributed by atoms with Crippen LogP contribution >= 0.6 is 0 Å². The zero-order chi connectivity index (χ0) is 22.5. The molecule has 7 nitrogen and oxygen atoms in total. The summed E-state index contributed by atoms with van der Waals surface area (Å²) in [6.07, 6.45) is 4.48. The summed E-state index contributed by atoms with van der Waals surface area (Å²) in [6.45, 7) is 5.81. The summed E-state index contributed by atoms with van der Waals surface area (Å²) in [6, 6.07) is 12.5. The second kappa shape index (κ2) is 10.1. The number of rotatable bonds is 8. The largest absolute Gasteiger partial charge is 0.497 e. The Labute approximate surface area is 190 Å². The monoisotopic (exact) mass is 432 g/mol. The third kappa shape index (κ3) is 5.41. The van der Waals surface area contributed by atoms with E-state index in [9.17, 15) is 0 Å². The van der Waals surface area contributed by atoms with E-state index >= 15 is 0 Å². The third-order valence-corrected chi connectivity index (χ3v) is 5.67. The molecule has 1 atom stereocenters. The van der Waals surface area contributed by atoms with Crippen molar-refractivity contribution in [3.8, 4) is 17.1 Å². The lowest BCUT2D eigenvalue weighted by atomic mass is 10.0. The lowest BCUT2D eigenvalue weighted by molar-refractivity contribution is 0.243. The van der Waals surface area contributed by atoms with E-state index < -0.39 is 0 Å². The number of fused-ring (bicyclic) bond motifs is 1. The van der Waals surface area contributed by atoms with E-state index in [1.165, 1.54) is 11.1 Å². The number of pyridine rings is 1. The van der Waals surface area contributed by atoms with E-state index in [1.54, 1.807) is 19.5 Å². The normalized spacial score (nSPS) is 14.8. The van der Waals surface area contributed by atoms with Gasteiger partial charge in [-0.15, -0.1) is 0 Å². The van der Waals surface area contributed by atoms with Gasteiger partial charge in [0.2, 0.25) is 0 Å². The fraction of sp³-hybridized carbons (Fsp3) is 0.400. The zero-order valence-corrected chi connectivity index (χ0v) is 19.4. The average molecular weight is 433 g/mol. The molecule has 1 aliphatic rings. The highest BCUT2D eigenvalue weighted by Gasteiger charge is 2.24. The van der Waals surface area contributed by atoms with Crippen LogP contribution in [-0.4, -0.2) is 65.1 Å². The van der Waals surface area contributed by atoms with Crippen LogP contribution < -0.4 is 10.1 Å². The summed E-state index contributed by atoms with van der Waals surface area (Å²) in [5.74, 6) is 2.58. The molecule has 1 aliphatic heterocycles. The van der Waals surface area contributed by atoms with Crippen LogP contribution in [0.2, 0.25) is 0 Å². The fourth-order valence-corrected chi connectivity index (χ4v) is 4.17. The molecule has 0 radical (unpaired) electrons. The molecule has 7 heteroatoms. The number of anilines is 1. The smallest absolute Gasteiger partial charge is 0.161 e. The summed E-state index contributed by atoms with van der Waals surface area (Å²) in [4.78, 5) is 18.7. The van der Waals surface area contributed by atoms with Crippen LogP contribution in [0.4, 0.5) is 5.82 Å². The van der Waals surface area contributed by atoms with Gasteiger partial charge in [-0.3, -0.25) is 9.88 Å². The molecule has 0 fully saturated rings. The molecule has 4 rings (SSSR count). The minimum Gasteiger partial charge on any atom is -0.497 e. The minimum absolute atomic E-state index is 0.270. The molecule has 1 aromatic carbocycles. The Kier molecular flexibility index (Phi) is 6.97. The Morgan fingerprint density at radius 1 is 1.09 bits per heavy atom. The molecule has 0 saturated heterocycles. The first-order chi connectivity index (χ1) is 15.5. The van der Waals surface area contributed by atoms with E-state index in [1.807, 2.05) is 24.3 Å². The Morgan fingerprint density at radius 2 is 1.84 bits per heavy atom. The highest BCUT2D eigenvalue weighted by molar-refractivity contribution is 5.60. The SMILES string of the molecule is COc1ccc(CN2CCc3nc(-c4ccncc4)nc(N[C@H](C)CN(C)C)c3C2)cc1. The van der Waals surface area contributed by atoms with Crippen LogP contribution in [0.1, 0.15) is 23.7 Å². The molecule has 0 spiro atoms. The quantitative estimate of drug-likeness (QED) is 0.585. The van der Waals surface area contributed by atoms with Gasteiger partial charge in [0.15, 0.2) is 5.82 Å². The van der Waals surface area contributed by atoms with Crippen molar-refractivity contribution in [1.82, 2.24) is 24.8 Å². The molecule has 0 bridgehead atoms. The van der Waals surface area contributed by atoms with Crippen molar-refractivity contribution < 1.29 is 4.74 Å². The second-order valence-electron chi connectivity index (χ2n) is 8.67. The number of ether oxygens (including phenoxy) is 1. The summed E-state index contributed by atoms with van der Waals surface area (Å²) in [5, 5.41) is 3.66. The van der Waals surface area contributed by atoms with E-state index in [4.69, 9.17) is 14.7 Å². The molecule has 2 aromatic heterocycles. The van der Waals surface area contributed by atoms with Crippen LogP contribution in [0.25, 0.3) is 11.4 Å². The van der Waals surface area contributed by atoms with Crippen molar-refractivity contribution in [1.29, 1.82) is 0 Å². The predicted molar refractivity (Wildman–Crippen MR) is 128 cm³/mol. The fourth-order valence-electron chi connectivity index (χ4n) is 4.17. The number of hydrogen-bond acceptors (Lipinski definition) is 7. The van der Waals surface area contributed by atoms with Gasteiger partial charge in [-0.2, -0.15) is 0 Å². The van der Waals surface area contributed by atoms with Gasteiger partial charge in [0.25, 0.3) is 0 Å². The Balaban J connectivity index is 1.60. The third-order valence-electron chi connectivity index (χ3n) is 5.67. The average Bonchev–Trinajstić information content (AvgIpc) is 2.80. The van der Waals surface area contributed by atoms with Gasteiger partial charge in [0.05, 0.1) is 12.8 Å². The Hall–Kier alpha value is -3.03. The van der Waals surface area contributed by atoms with Crippen LogP contribution in [0, 0.1) is 0 Å². The molecule has 0 unspecified atom stereocenters. The second-order valence-corrected chi connectivity index (χ2v) is 8.67. The van der Waals surface area contributed by atoms with Gasteiger partial charge in [-0.05, 0) is 50.8 Å². The topological polar surface area (TPSA) is 66.4 Å². The van der Waals surface area contributed by atoms with Crippen molar-refractivity contribution >= 4 is 5.82 Å². The van der Waals surface area contributed by atoms with E-state index in [-0.39, 0.29) is 6.04 Å². The number of nitrogens with one attached hydrogen (secondary N) is 1. The van der Waals surface area contributed by atoms with Gasteiger partial charge in [0, 0.05) is 62.2 Å². The van der Waals surface area contributed by atoms with Crippen molar-refractivity contribution in [3.05, 3.63) is 65.6 Å². The van der Waals surface area contributed by atoms with Crippen molar-refractivity contribution in [2.45, 2.75) is 32.5 Å². The van der Waals surface area contributed by atoms with E-state index in [0.29, 0.717) is 0 Å². The molecule has 168 valence electrons. The molecule has 0 aliphatic carbocycles. The maximum Gasteiger partial charge on any atom is 0.161 e. The van der Waals surface area contributed by atoms with E-state index in [2.05, 4.69) is 53.3 Å². The summed E-state index contributed by atoms with van der Waals surface area (Å²) < 4.78 is 5.29. The number of nitrogens with zero attached hydrogens (tertiary/aromatic N) is 5. The van der Waals surface area contributed by atoms with Gasteiger partial charge in [-0.1, -0.05) is 12.1 Å². The first-order valence-electron chi connectivity index (χ1n) is 11.1.